The largest absolute Gasteiger partial charge is 0.394 e. The summed E-state index contributed by atoms with van der Waals surface area (Å²) in [6.07, 6.45) is -1.32. The Kier molecular flexibility index (Phi) is 6.58. The van der Waals surface area contributed by atoms with Crippen molar-refractivity contribution in [2.24, 2.45) is 0 Å². The molecule has 4 atom stereocenters. The Morgan fingerprint density at radius 2 is 2.11 bits per heavy atom. The van der Waals surface area contributed by atoms with E-state index in [0.29, 0.717) is 22.1 Å². The third-order valence-corrected chi connectivity index (χ3v) is 5.33. The first-order valence-corrected chi connectivity index (χ1v) is 9.67. The van der Waals surface area contributed by atoms with Crippen LogP contribution in [-0.4, -0.2) is 65.5 Å². The molecule has 0 bridgehead atoms. The molecule has 3 rings (SSSR count). The molecule has 2 aromatic heterocycles. The number of fused-ring (bicyclic) bond motifs is 1. The van der Waals surface area contributed by atoms with Gasteiger partial charge in [-0.25, -0.2) is 15.0 Å². The number of aliphatic hydroxyl groups is 3. The Bertz CT molecular complexity index is 877. The number of aromatic nitrogens is 4. The lowest BCUT2D eigenvalue weighted by molar-refractivity contribution is -0.0511. The van der Waals surface area contributed by atoms with E-state index in [1.165, 1.54) is 33.7 Å². The summed E-state index contributed by atoms with van der Waals surface area (Å²) in [6, 6.07) is 0. The van der Waals surface area contributed by atoms with Crippen molar-refractivity contribution in [3.8, 4) is 0 Å². The third-order valence-electron chi connectivity index (χ3n) is 4.00. The Labute approximate surface area is 168 Å². The quantitative estimate of drug-likeness (QED) is 0.298. The third kappa shape index (κ3) is 4.06. The average Bonchev–Trinajstić information content (AvgIpc) is 3.20. The van der Waals surface area contributed by atoms with Crippen LogP contribution in [0.4, 0.5) is 5.82 Å². The van der Waals surface area contributed by atoms with Gasteiger partial charge in [0.15, 0.2) is 22.8 Å². The lowest BCUT2D eigenvalue weighted by Crippen LogP contribution is -2.33. The molecule has 1 aliphatic heterocycles. The number of imidazole rings is 1. The summed E-state index contributed by atoms with van der Waals surface area (Å²) in [5.41, 5.74) is 10.2. The van der Waals surface area contributed by atoms with Gasteiger partial charge in [0.1, 0.15) is 23.8 Å². The fourth-order valence-corrected chi connectivity index (χ4v) is 3.82. The Morgan fingerprint density at radius 3 is 2.74 bits per heavy atom. The zero-order chi connectivity index (χ0) is 19.6. The van der Waals surface area contributed by atoms with Crippen molar-refractivity contribution in [3.05, 3.63) is 29.0 Å². The molecule has 9 nitrogen and oxygen atoms in total. The van der Waals surface area contributed by atoms with E-state index in [-0.39, 0.29) is 5.82 Å². The number of thioether (sulfide) groups is 1. The molecule has 0 aromatic carbocycles. The van der Waals surface area contributed by atoms with Gasteiger partial charge in [0.05, 0.1) is 12.9 Å². The van der Waals surface area contributed by atoms with Gasteiger partial charge in [-0.2, -0.15) is 0 Å². The first-order valence-electron chi connectivity index (χ1n) is 7.81. The number of nitrogens with two attached hydrogens (primary N) is 1. The average molecular weight is 434 g/mol. The summed E-state index contributed by atoms with van der Waals surface area (Å²) >= 11 is 12.6. The smallest absolute Gasteiger partial charge is 0.191 e. The summed E-state index contributed by atoms with van der Waals surface area (Å²) in [5, 5.41) is 29.8. The maximum atomic E-state index is 10.2. The molecular formula is C15H17Cl2N5O4S. The van der Waals surface area contributed by atoms with Crippen molar-refractivity contribution >= 4 is 51.9 Å². The van der Waals surface area contributed by atoms with E-state index in [1.54, 1.807) is 6.08 Å². The molecule has 1 saturated heterocycles. The number of anilines is 1. The zero-order valence-electron chi connectivity index (χ0n) is 13.8. The molecule has 0 spiro atoms. The molecule has 1 aliphatic rings. The standard InChI is InChI=1S/C15H17Cl2N5O4S/c16-2-1-7(3-17)5-27-15-20-12(18)9-13(21-15)22(6-19-9)14-11(25)10(24)8(4-23)26-14/h1-3,6,8,10-11,14,23-25H,4-5H2,(H2,18,20,21)/t8-,10-,11-,14-/m1/s1. The van der Waals surface area contributed by atoms with Gasteiger partial charge in [-0.3, -0.25) is 4.57 Å². The van der Waals surface area contributed by atoms with Gasteiger partial charge in [-0.15, -0.1) is 0 Å². The van der Waals surface area contributed by atoms with Crippen molar-refractivity contribution in [1.82, 2.24) is 19.5 Å². The lowest BCUT2D eigenvalue weighted by atomic mass is 10.1. The highest BCUT2D eigenvalue weighted by Crippen LogP contribution is 2.32. The van der Waals surface area contributed by atoms with E-state index >= 15 is 0 Å². The number of hydrogen-bond donors (Lipinski definition) is 4. The van der Waals surface area contributed by atoms with Crippen LogP contribution in [0.1, 0.15) is 6.23 Å². The minimum atomic E-state index is -1.26. The molecule has 5 N–H and O–H groups in total. The molecule has 27 heavy (non-hydrogen) atoms. The molecule has 146 valence electrons. The maximum absolute atomic E-state index is 10.2. The van der Waals surface area contributed by atoms with Gasteiger partial charge in [-0.1, -0.05) is 35.0 Å². The Balaban J connectivity index is 1.91. The zero-order valence-corrected chi connectivity index (χ0v) is 16.1. The highest BCUT2D eigenvalue weighted by atomic mass is 35.5. The van der Waals surface area contributed by atoms with Crippen LogP contribution >= 0.6 is 35.0 Å². The highest BCUT2D eigenvalue weighted by molar-refractivity contribution is 7.99. The van der Waals surface area contributed by atoms with Crippen LogP contribution in [0.3, 0.4) is 0 Å². The monoisotopic (exact) mass is 433 g/mol. The van der Waals surface area contributed by atoms with Crippen LogP contribution in [0, 0.1) is 0 Å². The van der Waals surface area contributed by atoms with Crippen LogP contribution in [-0.2, 0) is 4.74 Å². The Morgan fingerprint density at radius 1 is 1.33 bits per heavy atom. The summed E-state index contributed by atoms with van der Waals surface area (Å²) in [5.74, 6) is 0.622. The van der Waals surface area contributed by atoms with E-state index in [1.807, 2.05) is 0 Å². The molecule has 2 aromatic rings. The van der Waals surface area contributed by atoms with Crippen molar-refractivity contribution in [3.63, 3.8) is 0 Å². The number of allylic oxidation sites excluding steroid dienone is 1. The van der Waals surface area contributed by atoms with Crippen LogP contribution in [0.2, 0.25) is 0 Å². The first-order chi connectivity index (χ1) is 13.0. The predicted octanol–water partition coefficient (Wildman–Crippen LogP) is 0.987. The first kappa shape index (κ1) is 20.3. The highest BCUT2D eigenvalue weighted by Gasteiger charge is 2.44. The summed E-state index contributed by atoms with van der Waals surface area (Å²) < 4.78 is 6.99. The van der Waals surface area contributed by atoms with Gasteiger partial charge >= 0.3 is 0 Å². The molecule has 3 heterocycles. The number of aliphatic hydroxyl groups excluding tert-OH is 3. The minimum absolute atomic E-state index is 0.164. The van der Waals surface area contributed by atoms with Crippen LogP contribution in [0.5, 0.6) is 0 Å². The number of hydrogen-bond acceptors (Lipinski definition) is 9. The van der Waals surface area contributed by atoms with E-state index in [0.717, 1.165) is 5.57 Å². The van der Waals surface area contributed by atoms with Gasteiger partial charge < -0.3 is 25.8 Å². The van der Waals surface area contributed by atoms with Gasteiger partial charge in [-0.05, 0) is 11.6 Å². The molecule has 0 unspecified atom stereocenters. The fourth-order valence-electron chi connectivity index (χ4n) is 2.62. The lowest BCUT2D eigenvalue weighted by Gasteiger charge is -2.16. The van der Waals surface area contributed by atoms with E-state index in [2.05, 4.69) is 15.0 Å². The number of nitrogen functional groups attached to an aromatic ring is 1. The summed E-state index contributed by atoms with van der Waals surface area (Å²) in [7, 11) is 0. The SMILES string of the molecule is Nc1nc(SCC(C=CCl)=CCl)nc2c1ncn2[C@@H]1O[C@H](CO)[C@@H](O)[C@H]1O. The van der Waals surface area contributed by atoms with Crippen molar-refractivity contribution in [2.45, 2.75) is 29.7 Å². The van der Waals surface area contributed by atoms with Gasteiger partial charge in [0, 0.05) is 16.8 Å². The predicted molar refractivity (Wildman–Crippen MR) is 102 cm³/mol. The summed E-state index contributed by atoms with van der Waals surface area (Å²) in [6.45, 7) is -0.429. The minimum Gasteiger partial charge on any atom is -0.394 e. The number of ether oxygens (including phenoxy) is 1. The number of rotatable bonds is 6. The normalized spacial score (nSPS) is 26.5. The second kappa shape index (κ2) is 8.74. The molecule has 0 radical (unpaired) electrons. The van der Waals surface area contributed by atoms with Crippen molar-refractivity contribution in [1.29, 1.82) is 0 Å². The topological polar surface area (TPSA) is 140 Å². The van der Waals surface area contributed by atoms with Crippen molar-refractivity contribution < 1.29 is 20.1 Å². The second-order valence-corrected chi connectivity index (χ2v) is 7.12. The summed E-state index contributed by atoms with van der Waals surface area (Å²) in [4.78, 5) is 12.8. The van der Waals surface area contributed by atoms with Crippen LogP contribution in [0.15, 0.2) is 34.2 Å². The molecular weight excluding hydrogens is 417 g/mol. The molecule has 1 fully saturated rings. The fraction of sp³-hybridized carbons (Fsp3) is 0.400. The Hall–Kier alpha value is -1.40. The number of halogens is 2. The van der Waals surface area contributed by atoms with E-state index in [4.69, 9.17) is 33.7 Å². The van der Waals surface area contributed by atoms with Gasteiger partial charge in [0.25, 0.3) is 0 Å². The van der Waals surface area contributed by atoms with Crippen LogP contribution < -0.4 is 5.73 Å². The second-order valence-electron chi connectivity index (χ2n) is 5.71. The van der Waals surface area contributed by atoms with E-state index in [9.17, 15) is 15.3 Å². The van der Waals surface area contributed by atoms with E-state index < -0.39 is 31.1 Å². The molecule has 0 saturated carbocycles. The van der Waals surface area contributed by atoms with Crippen molar-refractivity contribution in [2.75, 3.05) is 18.1 Å². The molecule has 0 aliphatic carbocycles. The van der Waals surface area contributed by atoms with Gasteiger partial charge in [0.2, 0.25) is 0 Å². The number of nitrogens with zero attached hydrogens (tertiary/aromatic N) is 4. The van der Waals surface area contributed by atoms with Crippen LogP contribution in [0.25, 0.3) is 11.2 Å². The molecule has 12 heteroatoms. The maximum Gasteiger partial charge on any atom is 0.191 e. The molecule has 0 amide bonds.